The number of nitrogens with zero attached hydrogens (tertiary/aromatic N) is 3. The average molecular weight is 383 g/mol. The molecule has 0 radical (unpaired) electrons. The van der Waals surface area contributed by atoms with Gasteiger partial charge in [-0.1, -0.05) is 0 Å². The summed E-state index contributed by atoms with van der Waals surface area (Å²) in [6.45, 7) is 3.31. The molecule has 136 valence electrons. The zero-order valence-electron chi connectivity index (χ0n) is 14.1. The highest BCUT2D eigenvalue weighted by molar-refractivity contribution is 7.90. The van der Waals surface area contributed by atoms with Crippen molar-refractivity contribution in [2.45, 2.75) is 50.8 Å². The molecule has 0 spiro atoms. The Morgan fingerprint density at radius 1 is 1.24 bits per heavy atom. The number of nitrogens with one attached hydrogen (secondary N) is 2. The molecule has 0 unspecified atom stereocenters. The molecular weight excluding hydrogens is 362 g/mol. The van der Waals surface area contributed by atoms with Crippen LogP contribution in [0.5, 0.6) is 0 Å². The Kier molecular flexibility index (Phi) is 5.30. The monoisotopic (exact) mass is 383 g/mol. The van der Waals surface area contributed by atoms with Crippen LogP contribution in [-0.2, 0) is 14.8 Å². The third-order valence-electron chi connectivity index (χ3n) is 4.38. The first kappa shape index (κ1) is 18.2. The van der Waals surface area contributed by atoms with E-state index in [0.717, 1.165) is 4.70 Å². The molecule has 1 aliphatic carbocycles. The van der Waals surface area contributed by atoms with Crippen LogP contribution >= 0.6 is 11.3 Å². The molecule has 1 fully saturated rings. The number of thiazole rings is 1. The number of hydrogen-bond acceptors (Lipinski definition) is 7. The van der Waals surface area contributed by atoms with Gasteiger partial charge in [-0.3, -0.25) is 10.1 Å². The Balaban J connectivity index is 1.54. The SMILES string of the molecule is CC(C)S(=O)(=O)N[C@H]1CC[C@H](C(=O)Nc2ncc3scnc3n2)CC1. The minimum Gasteiger partial charge on any atom is -0.294 e. The van der Waals surface area contributed by atoms with E-state index in [1.165, 1.54) is 11.3 Å². The van der Waals surface area contributed by atoms with Crippen LogP contribution in [0.25, 0.3) is 10.3 Å². The van der Waals surface area contributed by atoms with E-state index in [2.05, 4.69) is 25.0 Å². The quantitative estimate of drug-likeness (QED) is 0.815. The Morgan fingerprint density at radius 3 is 2.64 bits per heavy atom. The molecule has 25 heavy (non-hydrogen) atoms. The van der Waals surface area contributed by atoms with Gasteiger partial charge in [-0.15, -0.1) is 11.3 Å². The number of sulfonamides is 1. The first-order valence-electron chi connectivity index (χ1n) is 8.23. The van der Waals surface area contributed by atoms with Crippen LogP contribution in [0.2, 0.25) is 0 Å². The van der Waals surface area contributed by atoms with Crippen LogP contribution in [0.3, 0.4) is 0 Å². The third kappa shape index (κ3) is 4.31. The molecule has 8 nitrogen and oxygen atoms in total. The third-order valence-corrected chi connectivity index (χ3v) is 7.03. The fourth-order valence-electron chi connectivity index (χ4n) is 2.78. The lowest BCUT2D eigenvalue weighted by Gasteiger charge is -2.28. The van der Waals surface area contributed by atoms with E-state index in [9.17, 15) is 13.2 Å². The molecule has 1 aliphatic rings. The van der Waals surface area contributed by atoms with Gasteiger partial charge in [-0.25, -0.2) is 23.1 Å². The summed E-state index contributed by atoms with van der Waals surface area (Å²) in [5, 5.41) is 2.29. The zero-order valence-corrected chi connectivity index (χ0v) is 15.7. The molecule has 10 heteroatoms. The van der Waals surface area contributed by atoms with Gasteiger partial charge in [0.05, 0.1) is 21.7 Å². The summed E-state index contributed by atoms with van der Waals surface area (Å²) >= 11 is 1.44. The number of anilines is 1. The summed E-state index contributed by atoms with van der Waals surface area (Å²) in [6, 6.07) is -0.0981. The van der Waals surface area contributed by atoms with E-state index in [4.69, 9.17) is 0 Å². The Labute approximate surface area is 150 Å². The minimum atomic E-state index is -3.28. The molecular formula is C15H21N5O3S2. The van der Waals surface area contributed by atoms with E-state index in [1.807, 2.05) is 0 Å². The van der Waals surface area contributed by atoms with Gasteiger partial charge >= 0.3 is 0 Å². The zero-order chi connectivity index (χ0) is 18.0. The smallest absolute Gasteiger partial charge is 0.231 e. The summed E-state index contributed by atoms with van der Waals surface area (Å²) < 4.78 is 27.5. The van der Waals surface area contributed by atoms with Gasteiger partial charge in [0.25, 0.3) is 0 Å². The second-order valence-corrected chi connectivity index (χ2v) is 9.64. The fourth-order valence-corrected chi connectivity index (χ4v) is 4.34. The second kappa shape index (κ2) is 7.30. The van der Waals surface area contributed by atoms with Gasteiger partial charge in [0, 0.05) is 12.0 Å². The minimum absolute atomic E-state index is 0.0981. The number of carbonyl (C=O) groups excluding carboxylic acids is 1. The topological polar surface area (TPSA) is 114 Å². The predicted octanol–water partition coefficient (Wildman–Crippen LogP) is 1.91. The number of fused-ring (bicyclic) bond motifs is 1. The van der Waals surface area contributed by atoms with Crippen LogP contribution in [0, 0.1) is 5.92 Å². The number of aromatic nitrogens is 3. The Morgan fingerprint density at radius 2 is 1.96 bits per heavy atom. The van der Waals surface area contributed by atoms with Crippen LogP contribution in [0.15, 0.2) is 11.7 Å². The first-order valence-corrected chi connectivity index (χ1v) is 10.7. The molecule has 0 atom stereocenters. The van der Waals surface area contributed by atoms with E-state index in [-0.39, 0.29) is 23.8 Å². The first-order chi connectivity index (χ1) is 11.8. The van der Waals surface area contributed by atoms with Crippen molar-refractivity contribution in [2.75, 3.05) is 5.32 Å². The molecule has 3 rings (SSSR count). The maximum absolute atomic E-state index is 12.4. The fraction of sp³-hybridized carbons (Fsp3) is 0.600. The van der Waals surface area contributed by atoms with Gasteiger partial charge in [0.2, 0.25) is 21.9 Å². The van der Waals surface area contributed by atoms with E-state index in [1.54, 1.807) is 25.6 Å². The highest BCUT2D eigenvalue weighted by Crippen LogP contribution is 2.26. The van der Waals surface area contributed by atoms with Gasteiger partial charge in [-0.2, -0.15) is 4.98 Å². The van der Waals surface area contributed by atoms with Crippen molar-refractivity contribution in [3.8, 4) is 0 Å². The molecule has 0 saturated heterocycles. The van der Waals surface area contributed by atoms with Crippen molar-refractivity contribution < 1.29 is 13.2 Å². The Hall–Kier alpha value is -1.65. The molecule has 0 bridgehead atoms. The highest BCUT2D eigenvalue weighted by atomic mass is 32.2. The molecule has 2 aromatic heterocycles. The summed E-state index contributed by atoms with van der Waals surface area (Å²) in [6.07, 6.45) is 4.21. The average Bonchev–Trinajstić information content (AvgIpc) is 3.02. The molecule has 0 aliphatic heterocycles. The standard InChI is InChI=1S/C15H21N5O3S2/c1-9(2)25(22,23)20-11-5-3-10(4-6-11)14(21)19-15-16-7-12-13(18-15)17-8-24-12/h7-11,20H,3-6H2,1-2H3,(H,16,18,19,21)/t10-,11-. The normalized spacial score (nSPS) is 21.6. The molecule has 0 aromatic carbocycles. The van der Waals surface area contributed by atoms with Crippen molar-refractivity contribution >= 4 is 43.6 Å². The van der Waals surface area contributed by atoms with Crippen LogP contribution in [-0.4, -0.2) is 40.6 Å². The van der Waals surface area contributed by atoms with Gasteiger partial charge in [0.15, 0.2) is 5.65 Å². The van der Waals surface area contributed by atoms with E-state index < -0.39 is 15.3 Å². The van der Waals surface area contributed by atoms with Crippen molar-refractivity contribution in [1.29, 1.82) is 0 Å². The highest BCUT2D eigenvalue weighted by Gasteiger charge is 2.29. The van der Waals surface area contributed by atoms with Crippen molar-refractivity contribution in [3.05, 3.63) is 11.7 Å². The lowest BCUT2D eigenvalue weighted by Crippen LogP contribution is -2.42. The number of carbonyl (C=O) groups is 1. The van der Waals surface area contributed by atoms with Gasteiger partial charge in [0.1, 0.15) is 0 Å². The summed E-state index contributed by atoms with van der Waals surface area (Å²) in [7, 11) is -3.28. The van der Waals surface area contributed by atoms with Gasteiger partial charge in [-0.05, 0) is 39.5 Å². The summed E-state index contributed by atoms with van der Waals surface area (Å²) in [4.78, 5) is 24.9. The second-order valence-electron chi connectivity index (χ2n) is 6.48. The molecule has 1 amide bonds. The van der Waals surface area contributed by atoms with Crippen molar-refractivity contribution in [1.82, 2.24) is 19.7 Å². The molecule has 1 saturated carbocycles. The molecule has 2 heterocycles. The number of hydrogen-bond donors (Lipinski definition) is 2. The van der Waals surface area contributed by atoms with Crippen LogP contribution in [0.4, 0.5) is 5.95 Å². The molecule has 2 aromatic rings. The maximum Gasteiger partial charge on any atom is 0.231 e. The summed E-state index contributed by atoms with van der Waals surface area (Å²) in [5.41, 5.74) is 2.26. The molecule has 2 N–H and O–H groups in total. The number of amides is 1. The number of rotatable bonds is 5. The lowest BCUT2D eigenvalue weighted by atomic mass is 9.86. The maximum atomic E-state index is 12.4. The van der Waals surface area contributed by atoms with E-state index >= 15 is 0 Å². The van der Waals surface area contributed by atoms with Crippen LogP contribution < -0.4 is 10.0 Å². The largest absolute Gasteiger partial charge is 0.294 e. The lowest BCUT2D eigenvalue weighted by molar-refractivity contribution is -0.120. The predicted molar refractivity (Wildman–Crippen MR) is 96.8 cm³/mol. The Bertz CT molecular complexity index is 857. The van der Waals surface area contributed by atoms with E-state index in [0.29, 0.717) is 31.3 Å². The van der Waals surface area contributed by atoms with Gasteiger partial charge < -0.3 is 0 Å². The summed E-state index contributed by atoms with van der Waals surface area (Å²) in [5.74, 6) is -0.0275. The van der Waals surface area contributed by atoms with Crippen molar-refractivity contribution in [3.63, 3.8) is 0 Å². The van der Waals surface area contributed by atoms with Crippen molar-refractivity contribution in [2.24, 2.45) is 5.92 Å². The van der Waals surface area contributed by atoms with Crippen LogP contribution in [0.1, 0.15) is 39.5 Å².